The lowest BCUT2D eigenvalue weighted by Crippen LogP contribution is -2.41. The molecule has 1 saturated heterocycles. The number of hydrogen-bond donors (Lipinski definition) is 1. The predicted molar refractivity (Wildman–Crippen MR) is 125 cm³/mol. The second-order valence-electron chi connectivity index (χ2n) is 7.89. The zero-order valence-electron chi connectivity index (χ0n) is 18.1. The number of hydrogen-bond acceptors (Lipinski definition) is 5. The van der Waals surface area contributed by atoms with Crippen LogP contribution in [0.4, 0.5) is 5.69 Å². The molecule has 7 nitrogen and oxygen atoms in total. The summed E-state index contributed by atoms with van der Waals surface area (Å²) in [5, 5.41) is 3.74. The Morgan fingerprint density at radius 2 is 1.81 bits per heavy atom. The van der Waals surface area contributed by atoms with E-state index < -0.39 is 10.0 Å². The largest absolute Gasteiger partial charge is 0.329 e. The van der Waals surface area contributed by atoms with Crippen molar-refractivity contribution in [2.45, 2.75) is 47.2 Å². The Balaban J connectivity index is 1.41. The predicted octanol–water partition coefficient (Wildman–Crippen LogP) is 4.39. The number of imidazole rings is 1. The molecule has 0 bridgehead atoms. The zero-order chi connectivity index (χ0) is 22.7. The van der Waals surface area contributed by atoms with Gasteiger partial charge in [-0.05, 0) is 68.3 Å². The van der Waals surface area contributed by atoms with E-state index in [2.05, 4.69) is 10.3 Å². The third-order valence-corrected chi connectivity index (χ3v) is 8.68. The molecule has 4 rings (SSSR count). The minimum atomic E-state index is -3.55. The maximum absolute atomic E-state index is 13.0. The highest BCUT2D eigenvalue weighted by Crippen LogP contribution is 2.27. The minimum absolute atomic E-state index is 0.00439. The summed E-state index contributed by atoms with van der Waals surface area (Å²) in [6, 6.07) is 13.6. The molecule has 0 aliphatic carbocycles. The van der Waals surface area contributed by atoms with Crippen LogP contribution >= 0.6 is 11.8 Å². The van der Waals surface area contributed by atoms with Gasteiger partial charge in [-0.3, -0.25) is 4.79 Å². The highest BCUT2D eigenvalue weighted by atomic mass is 32.2. The van der Waals surface area contributed by atoms with Gasteiger partial charge in [-0.1, -0.05) is 18.2 Å². The molecule has 2 aromatic carbocycles. The van der Waals surface area contributed by atoms with Crippen LogP contribution in [-0.4, -0.2) is 40.8 Å². The Bertz CT molecular complexity index is 1190. The molecule has 1 aliphatic heterocycles. The van der Waals surface area contributed by atoms with Crippen molar-refractivity contribution in [3.63, 3.8) is 0 Å². The van der Waals surface area contributed by atoms with Gasteiger partial charge in [0.2, 0.25) is 10.0 Å². The number of carbonyl (C=O) groups is 1. The van der Waals surface area contributed by atoms with E-state index in [9.17, 15) is 13.2 Å². The van der Waals surface area contributed by atoms with Crippen LogP contribution in [0.1, 0.15) is 36.5 Å². The normalized spacial score (nSPS) is 17.2. The number of aryl methyl sites for hydroxylation is 1. The van der Waals surface area contributed by atoms with E-state index in [1.165, 1.54) is 23.9 Å². The number of sulfonamides is 1. The first kappa shape index (κ1) is 22.6. The number of nitrogens with one attached hydrogen (secondary N) is 1. The van der Waals surface area contributed by atoms with Gasteiger partial charge in [0.05, 0.1) is 4.90 Å². The van der Waals surface area contributed by atoms with Gasteiger partial charge >= 0.3 is 0 Å². The summed E-state index contributed by atoms with van der Waals surface area (Å²) >= 11 is 1.54. The number of nitrogens with zero attached hydrogens (tertiary/aromatic N) is 3. The Morgan fingerprint density at radius 3 is 2.44 bits per heavy atom. The average Bonchev–Trinajstić information content (AvgIpc) is 3.19. The molecule has 0 unspecified atom stereocenters. The first-order valence-corrected chi connectivity index (χ1v) is 12.8. The van der Waals surface area contributed by atoms with E-state index >= 15 is 0 Å². The van der Waals surface area contributed by atoms with E-state index in [1.54, 1.807) is 22.6 Å². The molecule has 1 aliphatic rings. The summed E-state index contributed by atoms with van der Waals surface area (Å²) < 4.78 is 29.4. The molecule has 9 heteroatoms. The van der Waals surface area contributed by atoms with Crippen molar-refractivity contribution in [3.8, 4) is 0 Å². The van der Waals surface area contributed by atoms with Crippen LogP contribution in [-0.2, 0) is 17.1 Å². The van der Waals surface area contributed by atoms with Gasteiger partial charge in [-0.15, -0.1) is 0 Å². The molecule has 1 aromatic heterocycles. The molecule has 0 spiro atoms. The zero-order valence-corrected chi connectivity index (χ0v) is 19.7. The molecule has 2 heterocycles. The smallest absolute Gasteiger partial charge is 0.255 e. The fourth-order valence-corrected chi connectivity index (χ4v) is 6.21. The topological polar surface area (TPSA) is 84.3 Å². The van der Waals surface area contributed by atoms with Crippen molar-refractivity contribution in [3.05, 3.63) is 66.5 Å². The Hall–Kier alpha value is -2.62. The number of aromatic nitrogens is 2. The number of amides is 1. The van der Waals surface area contributed by atoms with Gasteiger partial charge < -0.3 is 9.88 Å². The lowest BCUT2D eigenvalue weighted by Gasteiger charge is -2.32. The van der Waals surface area contributed by atoms with Crippen LogP contribution in [0.5, 0.6) is 0 Å². The van der Waals surface area contributed by atoms with E-state index in [0.29, 0.717) is 17.8 Å². The minimum Gasteiger partial charge on any atom is -0.329 e. The lowest BCUT2D eigenvalue weighted by molar-refractivity contribution is 0.102. The summed E-state index contributed by atoms with van der Waals surface area (Å²) in [6.45, 7) is 2.48. The van der Waals surface area contributed by atoms with Crippen molar-refractivity contribution in [2.75, 3.05) is 11.9 Å². The van der Waals surface area contributed by atoms with Gasteiger partial charge in [-0.2, -0.15) is 4.31 Å². The van der Waals surface area contributed by atoms with Gasteiger partial charge in [0.25, 0.3) is 5.91 Å². The molecular weight excluding hydrogens is 444 g/mol. The fourth-order valence-electron chi connectivity index (χ4n) is 3.71. The number of piperidine rings is 1. The molecule has 1 atom stereocenters. The summed E-state index contributed by atoms with van der Waals surface area (Å²) in [5.74, 6) is -0.287. The van der Waals surface area contributed by atoms with Crippen LogP contribution < -0.4 is 5.32 Å². The van der Waals surface area contributed by atoms with Crippen LogP contribution in [0.2, 0.25) is 0 Å². The van der Waals surface area contributed by atoms with Gasteiger partial charge in [0.15, 0.2) is 5.16 Å². The second-order valence-corrected chi connectivity index (χ2v) is 10.8. The Labute approximate surface area is 192 Å². The van der Waals surface area contributed by atoms with E-state index in [0.717, 1.165) is 29.3 Å². The second kappa shape index (κ2) is 9.48. The number of benzene rings is 2. The molecule has 1 fully saturated rings. The number of carbonyl (C=O) groups excluding carboxylic acids is 1. The standard InChI is InChI=1S/C23H26N4O3S2/c1-17-5-3-4-15-27(17)32(29,30)21-12-6-18(7-13-21)22(28)25-19-8-10-20(11-9-19)31-23-24-14-16-26(23)2/h6-14,16-17H,3-5,15H2,1-2H3,(H,25,28)/t17-/m1/s1. The van der Waals surface area contributed by atoms with E-state index in [-0.39, 0.29) is 16.8 Å². The third-order valence-electron chi connectivity index (χ3n) is 5.56. The van der Waals surface area contributed by atoms with E-state index in [4.69, 9.17) is 0 Å². The molecule has 3 aromatic rings. The lowest BCUT2D eigenvalue weighted by atomic mass is 10.1. The van der Waals surface area contributed by atoms with Crippen molar-refractivity contribution >= 4 is 33.4 Å². The molecule has 0 radical (unpaired) electrons. The maximum Gasteiger partial charge on any atom is 0.255 e. The number of anilines is 1. The molecular formula is C23H26N4O3S2. The van der Waals surface area contributed by atoms with Gasteiger partial charge in [-0.25, -0.2) is 13.4 Å². The SMILES string of the molecule is C[C@@H]1CCCCN1S(=O)(=O)c1ccc(C(=O)Nc2ccc(Sc3nccn3C)cc2)cc1. The highest BCUT2D eigenvalue weighted by Gasteiger charge is 2.30. The highest BCUT2D eigenvalue weighted by molar-refractivity contribution is 7.99. The van der Waals surface area contributed by atoms with Crippen LogP contribution in [0.25, 0.3) is 0 Å². The van der Waals surface area contributed by atoms with Crippen molar-refractivity contribution in [1.29, 1.82) is 0 Å². The van der Waals surface area contributed by atoms with Gasteiger partial charge in [0.1, 0.15) is 0 Å². The van der Waals surface area contributed by atoms with Crippen molar-refractivity contribution < 1.29 is 13.2 Å². The summed E-state index contributed by atoms with van der Waals surface area (Å²) in [6.07, 6.45) is 6.44. The van der Waals surface area contributed by atoms with Crippen LogP contribution in [0, 0.1) is 0 Å². The summed E-state index contributed by atoms with van der Waals surface area (Å²) in [5.41, 5.74) is 1.07. The monoisotopic (exact) mass is 470 g/mol. The first-order chi connectivity index (χ1) is 15.3. The molecule has 1 amide bonds. The molecule has 0 saturated carbocycles. The quantitative estimate of drug-likeness (QED) is 0.578. The maximum atomic E-state index is 13.0. The Kier molecular flexibility index (Phi) is 6.68. The first-order valence-electron chi connectivity index (χ1n) is 10.5. The molecule has 32 heavy (non-hydrogen) atoms. The van der Waals surface area contributed by atoms with E-state index in [1.807, 2.05) is 49.0 Å². The van der Waals surface area contributed by atoms with Crippen LogP contribution in [0.3, 0.4) is 0 Å². The number of rotatable bonds is 6. The summed E-state index contributed by atoms with van der Waals surface area (Å²) in [4.78, 5) is 18.1. The molecule has 1 N–H and O–H groups in total. The van der Waals surface area contributed by atoms with Crippen molar-refractivity contribution in [1.82, 2.24) is 13.9 Å². The average molecular weight is 471 g/mol. The fraction of sp³-hybridized carbons (Fsp3) is 0.304. The van der Waals surface area contributed by atoms with Crippen molar-refractivity contribution in [2.24, 2.45) is 7.05 Å². The molecule has 168 valence electrons. The Morgan fingerprint density at radius 1 is 1.09 bits per heavy atom. The van der Waals surface area contributed by atoms with Crippen LogP contribution in [0.15, 0.2) is 75.9 Å². The summed E-state index contributed by atoms with van der Waals surface area (Å²) in [7, 11) is -1.61. The third kappa shape index (κ3) is 4.90. The van der Waals surface area contributed by atoms with Gasteiger partial charge in [0, 0.05) is 48.2 Å².